The van der Waals surface area contributed by atoms with Crippen LogP contribution in [0.3, 0.4) is 0 Å². The summed E-state index contributed by atoms with van der Waals surface area (Å²) in [4.78, 5) is 24.2. The Morgan fingerprint density at radius 3 is 2.33 bits per heavy atom. The first kappa shape index (κ1) is 17.9. The molecule has 1 aliphatic heterocycles. The Labute approximate surface area is 126 Å². The van der Waals surface area contributed by atoms with Gasteiger partial charge >= 0.3 is 5.97 Å². The summed E-state index contributed by atoms with van der Waals surface area (Å²) in [6.45, 7) is 2.92. The highest BCUT2D eigenvalue weighted by Gasteiger charge is 2.26. The quantitative estimate of drug-likeness (QED) is 0.681. The molecule has 0 radical (unpaired) electrons. The number of unbranched alkanes of at least 4 members (excludes halogenated alkanes) is 2. The van der Waals surface area contributed by atoms with Gasteiger partial charge in [0.2, 0.25) is 5.91 Å². The molecule has 0 aliphatic carbocycles. The van der Waals surface area contributed by atoms with Gasteiger partial charge in [-0.25, -0.2) is 8.42 Å². The van der Waals surface area contributed by atoms with E-state index in [1.807, 2.05) is 6.92 Å². The van der Waals surface area contributed by atoms with Crippen LogP contribution in [0.1, 0.15) is 45.4 Å². The van der Waals surface area contributed by atoms with Crippen molar-refractivity contribution < 1.29 is 23.1 Å². The molecule has 7 heteroatoms. The van der Waals surface area contributed by atoms with Crippen LogP contribution in [0.4, 0.5) is 0 Å². The number of sulfone groups is 1. The number of piperidine rings is 1. The Bertz CT molecular complexity index is 452. The maximum atomic E-state index is 12.0. The lowest BCUT2D eigenvalue weighted by molar-refractivity contribution is -0.138. The van der Waals surface area contributed by atoms with Crippen LogP contribution < -0.4 is 0 Å². The zero-order chi connectivity index (χ0) is 15.9. The van der Waals surface area contributed by atoms with E-state index in [0.29, 0.717) is 32.4 Å². The van der Waals surface area contributed by atoms with Crippen molar-refractivity contribution in [3.63, 3.8) is 0 Å². The van der Waals surface area contributed by atoms with Crippen molar-refractivity contribution in [1.82, 2.24) is 4.90 Å². The fourth-order valence-electron chi connectivity index (χ4n) is 2.56. The molecule has 1 aliphatic rings. The normalized spacial score (nSPS) is 16.9. The number of amides is 1. The first-order valence-corrected chi connectivity index (χ1v) is 9.36. The van der Waals surface area contributed by atoms with E-state index in [1.165, 1.54) is 0 Å². The number of likely N-dealkylation sites (tertiary alicyclic amines) is 1. The molecule has 0 aromatic carbocycles. The lowest BCUT2D eigenvalue weighted by Gasteiger charge is -2.31. The predicted octanol–water partition coefficient (Wildman–Crippen LogP) is 1.30. The van der Waals surface area contributed by atoms with Crippen molar-refractivity contribution in [1.29, 1.82) is 0 Å². The van der Waals surface area contributed by atoms with Crippen molar-refractivity contribution in [3.05, 3.63) is 0 Å². The van der Waals surface area contributed by atoms with Gasteiger partial charge in [-0.05, 0) is 25.2 Å². The first-order valence-electron chi connectivity index (χ1n) is 7.54. The van der Waals surface area contributed by atoms with E-state index in [4.69, 9.17) is 5.11 Å². The third-order valence-corrected chi connectivity index (χ3v) is 5.43. The maximum absolute atomic E-state index is 12.0. The van der Waals surface area contributed by atoms with Crippen LogP contribution in [0.25, 0.3) is 0 Å². The van der Waals surface area contributed by atoms with Crippen LogP contribution in [-0.4, -0.2) is 54.9 Å². The molecule has 1 amide bonds. The van der Waals surface area contributed by atoms with E-state index in [9.17, 15) is 18.0 Å². The second-order valence-electron chi connectivity index (χ2n) is 5.72. The summed E-state index contributed by atoms with van der Waals surface area (Å²) in [7, 11) is -3.32. The number of rotatable bonds is 8. The first-order chi connectivity index (χ1) is 9.84. The van der Waals surface area contributed by atoms with E-state index in [-0.39, 0.29) is 24.0 Å². The van der Waals surface area contributed by atoms with Gasteiger partial charge in [0.1, 0.15) is 5.75 Å². The van der Waals surface area contributed by atoms with Gasteiger partial charge in [0.25, 0.3) is 0 Å². The number of aliphatic carboxylic acids is 1. The van der Waals surface area contributed by atoms with Crippen LogP contribution in [0.2, 0.25) is 0 Å². The molecule has 0 atom stereocenters. The average molecular weight is 319 g/mol. The number of hydrogen-bond acceptors (Lipinski definition) is 4. The molecular formula is C14H25NO5S. The summed E-state index contributed by atoms with van der Waals surface area (Å²) in [5.41, 5.74) is 0. The highest BCUT2D eigenvalue weighted by Crippen LogP contribution is 2.20. The Balaban J connectivity index is 2.38. The Morgan fingerprint density at radius 2 is 1.81 bits per heavy atom. The van der Waals surface area contributed by atoms with Crippen LogP contribution in [0.15, 0.2) is 0 Å². The molecule has 0 unspecified atom stereocenters. The standard InChI is InChI=1S/C14H25NO5S/c1-2-3-4-9-21(19,20)11-13(16)15-7-5-12(6-8-15)10-14(17)18/h12H,2-11H2,1H3,(H,17,18). The van der Waals surface area contributed by atoms with Crippen LogP contribution >= 0.6 is 0 Å². The molecule has 0 aromatic rings. The van der Waals surface area contributed by atoms with Gasteiger partial charge in [-0.1, -0.05) is 19.8 Å². The second kappa shape index (κ2) is 8.36. The largest absolute Gasteiger partial charge is 0.481 e. The highest BCUT2D eigenvalue weighted by molar-refractivity contribution is 7.92. The molecule has 0 aromatic heterocycles. The SMILES string of the molecule is CCCCCS(=O)(=O)CC(=O)N1CCC(CC(=O)O)CC1. The minimum absolute atomic E-state index is 0.0715. The predicted molar refractivity (Wildman–Crippen MR) is 79.7 cm³/mol. The van der Waals surface area contributed by atoms with Gasteiger partial charge in [0.15, 0.2) is 9.84 Å². The van der Waals surface area contributed by atoms with Crippen molar-refractivity contribution >= 4 is 21.7 Å². The Morgan fingerprint density at radius 1 is 1.19 bits per heavy atom. The third-order valence-electron chi connectivity index (χ3n) is 3.83. The molecule has 122 valence electrons. The second-order valence-corrected chi connectivity index (χ2v) is 7.91. The fraction of sp³-hybridized carbons (Fsp3) is 0.857. The molecule has 1 fully saturated rings. The van der Waals surface area contributed by atoms with Gasteiger partial charge in [-0.3, -0.25) is 9.59 Å². The molecule has 6 nitrogen and oxygen atoms in total. The van der Waals surface area contributed by atoms with Crippen LogP contribution in [0.5, 0.6) is 0 Å². The summed E-state index contributed by atoms with van der Waals surface area (Å²) in [6.07, 6.45) is 3.79. The smallest absolute Gasteiger partial charge is 0.303 e. The lowest BCUT2D eigenvalue weighted by Crippen LogP contribution is -2.42. The number of carbonyl (C=O) groups is 2. The maximum Gasteiger partial charge on any atom is 0.303 e. The Hall–Kier alpha value is -1.11. The average Bonchev–Trinajstić information content (AvgIpc) is 2.38. The topological polar surface area (TPSA) is 91.8 Å². The van der Waals surface area contributed by atoms with Crippen molar-refractivity contribution in [3.8, 4) is 0 Å². The fourth-order valence-corrected chi connectivity index (χ4v) is 3.90. The number of carboxylic acid groups (broad SMARTS) is 1. The van der Waals surface area contributed by atoms with E-state index >= 15 is 0 Å². The van der Waals surface area contributed by atoms with Crippen molar-refractivity contribution in [2.45, 2.75) is 45.4 Å². The zero-order valence-electron chi connectivity index (χ0n) is 12.6. The highest BCUT2D eigenvalue weighted by atomic mass is 32.2. The number of nitrogens with zero attached hydrogens (tertiary/aromatic N) is 1. The molecule has 1 rings (SSSR count). The summed E-state index contributed by atoms with van der Waals surface area (Å²) in [5.74, 6) is -1.42. The number of carbonyl (C=O) groups excluding carboxylic acids is 1. The van der Waals surface area contributed by atoms with Crippen molar-refractivity contribution in [2.24, 2.45) is 5.92 Å². The van der Waals surface area contributed by atoms with Gasteiger partial charge < -0.3 is 10.0 Å². The molecule has 21 heavy (non-hydrogen) atoms. The van der Waals surface area contributed by atoms with E-state index in [0.717, 1.165) is 12.8 Å². The summed E-state index contributed by atoms with van der Waals surface area (Å²) < 4.78 is 23.7. The minimum atomic E-state index is -3.32. The van der Waals surface area contributed by atoms with Gasteiger partial charge in [0.05, 0.1) is 5.75 Å². The summed E-state index contributed by atoms with van der Waals surface area (Å²) in [5, 5.41) is 8.74. The van der Waals surface area contributed by atoms with Gasteiger partial charge in [-0.2, -0.15) is 0 Å². The van der Waals surface area contributed by atoms with Gasteiger partial charge in [-0.15, -0.1) is 0 Å². The van der Waals surface area contributed by atoms with E-state index in [1.54, 1.807) is 4.90 Å². The molecule has 0 spiro atoms. The van der Waals surface area contributed by atoms with Crippen LogP contribution in [0, 0.1) is 5.92 Å². The lowest BCUT2D eigenvalue weighted by atomic mass is 9.94. The Kier molecular flexibility index (Phi) is 7.14. The monoisotopic (exact) mass is 319 g/mol. The number of hydrogen-bond donors (Lipinski definition) is 1. The molecular weight excluding hydrogens is 294 g/mol. The van der Waals surface area contributed by atoms with Crippen molar-refractivity contribution in [2.75, 3.05) is 24.6 Å². The molecule has 1 saturated heterocycles. The minimum Gasteiger partial charge on any atom is -0.481 e. The third kappa shape index (κ3) is 6.93. The number of carboxylic acids is 1. The molecule has 1 heterocycles. The zero-order valence-corrected chi connectivity index (χ0v) is 13.4. The molecule has 1 N–H and O–H groups in total. The van der Waals surface area contributed by atoms with E-state index < -0.39 is 21.6 Å². The van der Waals surface area contributed by atoms with Gasteiger partial charge in [0, 0.05) is 19.5 Å². The summed E-state index contributed by atoms with van der Waals surface area (Å²) >= 11 is 0. The van der Waals surface area contributed by atoms with E-state index in [2.05, 4.69) is 0 Å². The summed E-state index contributed by atoms with van der Waals surface area (Å²) in [6, 6.07) is 0. The molecule has 0 saturated carbocycles. The molecule has 0 bridgehead atoms. The van der Waals surface area contributed by atoms with Crippen LogP contribution in [-0.2, 0) is 19.4 Å².